The number of nitrogens with two attached hydrogens (primary N) is 2. The van der Waals surface area contributed by atoms with Crippen LogP contribution < -0.4 is 11.5 Å². The van der Waals surface area contributed by atoms with Crippen LogP contribution in [0.25, 0.3) is 0 Å². The molecule has 0 saturated heterocycles. The molecule has 2 heteroatoms. The average molecular weight is 276 g/mol. The highest BCUT2D eigenvalue weighted by Gasteiger charge is 2.20. The second-order valence-corrected chi connectivity index (χ2v) is 7.00. The van der Waals surface area contributed by atoms with Gasteiger partial charge in [-0.1, -0.05) is 45.9 Å². The average Bonchev–Trinajstić information content (AvgIpc) is 2.40. The first-order valence-corrected chi connectivity index (χ1v) is 7.84. The summed E-state index contributed by atoms with van der Waals surface area (Å²) >= 11 is 0. The monoisotopic (exact) mass is 276 g/mol. The Balaban J connectivity index is 3.05. The molecule has 1 aromatic carbocycles. The fourth-order valence-electron chi connectivity index (χ4n) is 2.93. The van der Waals surface area contributed by atoms with Crippen LogP contribution in [0.2, 0.25) is 0 Å². The van der Waals surface area contributed by atoms with Crippen LogP contribution in [-0.2, 0) is 5.41 Å². The summed E-state index contributed by atoms with van der Waals surface area (Å²) in [5, 5.41) is 0. The molecule has 2 nitrogen and oxygen atoms in total. The fraction of sp³-hybridized carbons (Fsp3) is 0.667. The van der Waals surface area contributed by atoms with Gasteiger partial charge in [0.15, 0.2) is 0 Å². The highest BCUT2D eigenvalue weighted by atomic mass is 14.6. The van der Waals surface area contributed by atoms with E-state index in [0.29, 0.717) is 24.9 Å². The first kappa shape index (κ1) is 17.2. The maximum atomic E-state index is 5.81. The van der Waals surface area contributed by atoms with E-state index in [1.807, 2.05) is 0 Å². The molecule has 0 aliphatic rings. The smallest absolute Gasteiger partial charge is 0.00366 e. The number of hydrogen-bond acceptors (Lipinski definition) is 2. The van der Waals surface area contributed by atoms with Crippen molar-refractivity contribution in [2.75, 3.05) is 13.1 Å². The van der Waals surface area contributed by atoms with Crippen molar-refractivity contribution in [3.05, 3.63) is 34.9 Å². The largest absolute Gasteiger partial charge is 0.330 e. The quantitative estimate of drug-likeness (QED) is 0.832. The molecule has 0 radical (unpaired) electrons. The second-order valence-electron chi connectivity index (χ2n) is 7.00. The van der Waals surface area contributed by atoms with Gasteiger partial charge in [-0.2, -0.15) is 0 Å². The molecule has 0 aliphatic carbocycles. The van der Waals surface area contributed by atoms with Crippen LogP contribution in [0.1, 0.15) is 63.1 Å². The third-order valence-electron chi connectivity index (χ3n) is 4.32. The molecule has 0 spiro atoms. The van der Waals surface area contributed by atoms with Crippen molar-refractivity contribution in [3.63, 3.8) is 0 Å². The molecule has 20 heavy (non-hydrogen) atoms. The zero-order valence-corrected chi connectivity index (χ0v) is 13.9. The lowest BCUT2D eigenvalue weighted by atomic mass is 9.80. The zero-order chi connectivity index (χ0) is 15.3. The van der Waals surface area contributed by atoms with Crippen LogP contribution in [0, 0.1) is 12.8 Å². The summed E-state index contributed by atoms with van der Waals surface area (Å²) in [4.78, 5) is 0. The van der Waals surface area contributed by atoms with E-state index >= 15 is 0 Å². The van der Waals surface area contributed by atoms with E-state index < -0.39 is 0 Å². The number of rotatable bonds is 6. The van der Waals surface area contributed by atoms with E-state index in [9.17, 15) is 0 Å². The zero-order valence-electron chi connectivity index (χ0n) is 13.9. The van der Waals surface area contributed by atoms with Crippen LogP contribution in [0.15, 0.2) is 18.2 Å². The first-order chi connectivity index (χ1) is 9.33. The van der Waals surface area contributed by atoms with E-state index in [1.54, 1.807) is 0 Å². The molecule has 1 rings (SSSR count). The summed E-state index contributed by atoms with van der Waals surface area (Å²) < 4.78 is 0. The minimum Gasteiger partial charge on any atom is -0.330 e. The van der Waals surface area contributed by atoms with Gasteiger partial charge in [-0.15, -0.1) is 0 Å². The summed E-state index contributed by atoms with van der Waals surface area (Å²) in [5.41, 5.74) is 16.1. The van der Waals surface area contributed by atoms with Crippen LogP contribution >= 0.6 is 0 Å². The van der Waals surface area contributed by atoms with Gasteiger partial charge in [0.25, 0.3) is 0 Å². The maximum absolute atomic E-state index is 5.81. The van der Waals surface area contributed by atoms with Crippen molar-refractivity contribution in [2.45, 2.75) is 58.8 Å². The van der Waals surface area contributed by atoms with Gasteiger partial charge >= 0.3 is 0 Å². The molecule has 0 heterocycles. The Kier molecular flexibility index (Phi) is 6.22. The van der Waals surface area contributed by atoms with E-state index in [2.05, 4.69) is 52.8 Å². The summed E-state index contributed by atoms with van der Waals surface area (Å²) in [5.74, 6) is 0.994. The highest BCUT2D eigenvalue weighted by Crippen LogP contribution is 2.32. The third-order valence-corrected chi connectivity index (χ3v) is 4.32. The van der Waals surface area contributed by atoms with Crippen molar-refractivity contribution in [3.8, 4) is 0 Å². The van der Waals surface area contributed by atoms with Crippen molar-refractivity contribution in [1.82, 2.24) is 0 Å². The van der Waals surface area contributed by atoms with Gasteiger partial charge in [-0.05, 0) is 66.8 Å². The molecule has 1 unspecified atom stereocenters. The van der Waals surface area contributed by atoms with Gasteiger partial charge in [0.2, 0.25) is 0 Å². The summed E-state index contributed by atoms with van der Waals surface area (Å²) in [6, 6.07) is 6.94. The predicted octanol–water partition coefficient (Wildman–Crippen LogP) is 3.71. The Morgan fingerprint density at radius 2 is 1.70 bits per heavy atom. The van der Waals surface area contributed by atoms with Gasteiger partial charge in [-0.25, -0.2) is 0 Å². The van der Waals surface area contributed by atoms with E-state index in [-0.39, 0.29) is 5.41 Å². The molecule has 0 aromatic heterocycles. The predicted molar refractivity (Wildman–Crippen MR) is 89.1 cm³/mol. The molecule has 0 bridgehead atoms. The Morgan fingerprint density at radius 1 is 1.10 bits per heavy atom. The van der Waals surface area contributed by atoms with Gasteiger partial charge < -0.3 is 11.5 Å². The lowest BCUT2D eigenvalue weighted by Crippen LogP contribution is -2.25. The Bertz CT molecular complexity index is 414. The van der Waals surface area contributed by atoms with E-state index in [1.165, 1.54) is 16.7 Å². The maximum Gasteiger partial charge on any atom is -0.00366 e. The summed E-state index contributed by atoms with van der Waals surface area (Å²) in [7, 11) is 0. The molecule has 114 valence electrons. The number of hydrogen-bond donors (Lipinski definition) is 2. The van der Waals surface area contributed by atoms with E-state index in [4.69, 9.17) is 11.5 Å². The van der Waals surface area contributed by atoms with Gasteiger partial charge in [-0.3, -0.25) is 0 Å². The normalized spacial score (nSPS) is 13.8. The Labute approximate surface area is 124 Å². The van der Waals surface area contributed by atoms with Crippen LogP contribution in [0.4, 0.5) is 0 Å². The second kappa shape index (κ2) is 7.24. The molecule has 1 atom stereocenters. The Hall–Kier alpha value is -0.860. The molecular weight excluding hydrogens is 244 g/mol. The fourth-order valence-corrected chi connectivity index (χ4v) is 2.93. The molecule has 0 fully saturated rings. The van der Waals surface area contributed by atoms with Crippen LogP contribution in [-0.4, -0.2) is 13.1 Å². The van der Waals surface area contributed by atoms with E-state index in [0.717, 1.165) is 12.8 Å². The lowest BCUT2D eigenvalue weighted by molar-refractivity contribution is 0.441. The minimum atomic E-state index is 0.194. The van der Waals surface area contributed by atoms with Gasteiger partial charge in [0.1, 0.15) is 0 Å². The summed E-state index contributed by atoms with van der Waals surface area (Å²) in [6.07, 6.45) is 2.24. The molecular formula is C18H32N2. The number of aryl methyl sites for hydroxylation is 1. The molecule has 1 aromatic rings. The SMILES string of the molecule is CCC(CC(CN)CN)c1ccc(C)c(C(C)(C)C)c1. The van der Waals surface area contributed by atoms with Crippen molar-refractivity contribution in [1.29, 1.82) is 0 Å². The minimum absolute atomic E-state index is 0.194. The Morgan fingerprint density at radius 3 is 2.15 bits per heavy atom. The lowest BCUT2D eigenvalue weighted by Gasteiger charge is -2.26. The standard InChI is InChI=1S/C18H32N2/c1-6-15(9-14(11-19)12-20)16-8-7-13(2)17(10-16)18(3,4)5/h7-8,10,14-15H,6,9,11-12,19-20H2,1-5H3. The van der Waals surface area contributed by atoms with Crippen LogP contribution in [0.3, 0.4) is 0 Å². The van der Waals surface area contributed by atoms with Crippen LogP contribution in [0.5, 0.6) is 0 Å². The number of benzene rings is 1. The summed E-state index contributed by atoms with van der Waals surface area (Å²) in [6.45, 7) is 12.7. The molecule has 0 aliphatic heterocycles. The van der Waals surface area contributed by atoms with Crippen molar-refractivity contribution < 1.29 is 0 Å². The topological polar surface area (TPSA) is 52.0 Å². The molecule has 0 amide bonds. The third kappa shape index (κ3) is 4.32. The van der Waals surface area contributed by atoms with Gasteiger partial charge in [0, 0.05) is 0 Å². The van der Waals surface area contributed by atoms with Crippen molar-refractivity contribution >= 4 is 0 Å². The van der Waals surface area contributed by atoms with Gasteiger partial charge in [0.05, 0.1) is 0 Å². The first-order valence-electron chi connectivity index (χ1n) is 7.84. The molecule has 4 N–H and O–H groups in total. The van der Waals surface area contributed by atoms with Crippen molar-refractivity contribution in [2.24, 2.45) is 17.4 Å². The molecule has 0 saturated carbocycles. The highest BCUT2D eigenvalue weighted by molar-refractivity contribution is 5.37.